The van der Waals surface area contributed by atoms with Crippen LogP contribution in [0.25, 0.3) is 0 Å². The van der Waals surface area contributed by atoms with Crippen LogP contribution in [-0.2, 0) is 0 Å². The van der Waals surface area contributed by atoms with Crippen LogP contribution in [0.3, 0.4) is 0 Å². The maximum absolute atomic E-state index is 6.03. The second-order valence-electron chi connectivity index (χ2n) is 10.6. The molecule has 0 aliphatic rings. The van der Waals surface area contributed by atoms with Crippen molar-refractivity contribution >= 4 is 0 Å². The monoisotopic (exact) mass is 630 g/mol. The van der Waals surface area contributed by atoms with E-state index in [-0.39, 0.29) is 0 Å². The van der Waals surface area contributed by atoms with Crippen LogP contribution in [0, 0.1) is 0 Å². The van der Waals surface area contributed by atoms with Gasteiger partial charge in [-0.05, 0) is 121 Å². The molecule has 0 spiro atoms. The van der Waals surface area contributed by atoms with E-state index < -0.39 is 0 Å². The summed E-state index contributed by atoms with van der Waals surface area (Å²) in [6.07, 6.45) is 0. The topological polar surface area (TPSA) is 55.4 Å². The van der Waals surface area contributed by atoms with Crippen molar-refractivity contribution in [2.45, 2.75) is 0 Å². The third kappa shape index (κ3) is 8.33. The molecule has 7 rings (SSSR count). The van der Waals surface area contributed by atoms with Crippen LogP contribution in [0.15, 0.2) is 182 Å². The van der Waals surface area contributed by atoms with Crippen molar-refractivity contribution in [1.29, 1.82) is 0 Å². The zero-order valence-electron chi connectivity index (χ0n) is 25.8. The van der Waals surface area contributed by atoms with E-state index in [1.807, 2.05) is 182 Å². The van der Waals surface area contributed by atoms with Gasteiger partial charge in [-0.2, -0.15) is 0 Å². The first kappa shape index (κ1) is 30.0. The molecule has 0 radical (unpaired) electrons. The minimum Gasteiger partial charge on any atom is -0.457 e. The Morgan fingerprint density at radius 2 is 0.354 bits per heavy atom. The van der Waals surface area contributed by atoms with Gasteiger partial charge in [-0.25, -0.2) is 0 Å². The molecule has 0 saturated carbocycles. The van der Waals surface area contributed by atoms with Crippen molar-refractivity contribution in [2.24, 2.45) is 0 Å². The van der Waals surface area contributed by atoms with Gasteiger partial charge < -0.3 is 28.4 Å². The normalized spacial score (nSPS) is 10.5. The van der Waals surface area contributed by atoms with Crippen LogP contribution in [-0.4, -0.2) is 0 Å². The lowest BCUT2D eigenvalue weighted by atomic mass is 10.3. The summed E-state index contributed by atoms with van der Waals surface area (Å²) in [7, 11) is 0. The standard InChI is InChI=1S/C42H30O6/c1-3-9-31(10-4-1)45-39-13-7-15-41(29-39)47-37-25-21-35(22-26-37)43-33-17-19-34(20-18-33)44-36-23-27-38(28-24-36)48-42-16-8-14-40(30-42)46-32-11-5-2-6-12-32/h1-30H. The lowest BCUT2D eigenvalue weighted by Crippen LogP contribution is -1.89. The molecule has 0 fully saturated rings. The average Bonchev–Trinajstić information content (AvgIpc) is 3.12. The zero-order chi connectivity index (χ0) is 32.4. The van der Waals surface area contributed by atoms with E-state index in [2.05, 4.69) is 0 Å². The summed E-state index contributed by atoms with van der Waals surface area (Å²) in [5.41, 5.74) is 0. The summed E-state index contributed by atoms with van der Waals surface area (Å²) < 4.78 is 35.9. The van der Waals surface area contributed by atoms with Crippen molar-refractivity contribution in [3.8, 4) is 69.0 Å². The summed E-state index contributed by atoms with van der Waals surface area (Å²) in [6.45, 7) is 0. The van der Waals surface area contributed by atoms with Crippen LogP contribution in [0.1, 0.15) is 0 Å². The summed E-state index contributed by atoms with van der Waals surface area (Å²) >= 11 is 0. The molecule has 0 saturated heterocycles. The van der Waals surface area contributed by atoms with Gasteiger partial charge in [0.05, 0.1) is 0 Å². The summed E-state index contributed by atoms with van der Waals surface area (Å²) in [6, 6.07) is 56.7. The van der Waals surface area contributed by atoms with Crippen molar-refractivity contribution < 1.29 is 28.4 Å². The Labute approximate surface area is 278 Å². The van der Waals surface area contributed by atoms with Crippen LogP contribution >= 0.6 is 0 Å². The minimum atomic E-state index is 0.675. The lowest BCUT2D eigenvalue weighted by Gasteiger charge is -2.11. The quantitative estimate of drug-likeness (QED) is 0.134. The number of benzene rings is 7. The van der Waals surface area contributed by atoms with E-state index in [1.54, 1.807) is 0 Å². The number of rotatable bonds is 12. The Morgan fingerprint density at radius 1 is 0.167 bits per heavy atom. The first-order valence-electron chi connectivity index (χ1n) is 15.4. The molecule has 0 aromatic heterocycles. The predicted octanol–water partition coefficient (Wildman–Crippen LogP) is 12.4. The molecule has 6 nitrogen and oxygen atoms in total. The maximum atomic E-state index is 6.03. The van der Waals surface area contributed by atoms with Crippen molar-refractivity contribution in [3.05, 3.63) is 182 Å². The van der Waals surface area contributed by atoms with E-state index in [0.29, 0.717) is 57.5 Å². The molecule has 0 bridgehead atoms. The highest BCUT2D eigenvalue weighted by Gasteiger charge is 2.06. The Morgan fingerprint density at radius 3 is 0.604 bits per heavy atom. The molecule has 48 heavy (non-hydrogen) atoms. The molecular weight excluding hydrogens is 600 g/mol. The Hall–Kier alpha value is -6.66. The van der Waals surface area contributed by atoms with E-state index in [0.717, 1.165) is 11.5 Å². The van der Waals surface area contributed by atoms with E-state index in [4.69, 9.17) is 28.4 Å². The van der Waals surface area contributed by atoms with Gasteiger partial charge in [0.2, 0.25) is 0 Å². The predicted molar refractivity (Wildman–Crippen MR) is 186 cm³/mol. The van der Waals surface area contributed by atoms with Crippen molar-refractivity contribution in [1.82, 2.24) is 0 Å². The second-order valence-corrected chi connectivity index (χ2v) is 10.6. The van der Waals surface area contributed by atoms with Crippen LogP contribution in [0.5, 0.6) is 69.0 Å². The highest BCUT2D eigenvalue weighted by molar-refractivity contribution is 5.44. The van der Waals surface area contributed by atoms with Gasteiger partial charge in [0.25, 0.3) is 0 Å². The molecule has 0 unspecified atom stereocenters. The molecule has 0 aliphatic carbocycles. The lowest BCUT2D eigenvalue weighted by molar-refractivity contribution is 0.454. The molecule has 0 aliphatic heterocycles. The highest BCUT2D eigenvalue weighted by Crippen LogP contribution is 2.33. The fourth-order valence-electron chi connectivity index (χ4n) is 4.72. The number of para-hydroxylation sites is 2. The van der Waals surface area contributed by atoms with Crippen molar-refractivity contribution in [3.63, 3.8) is 0 Å². The van der Waals surface area contributed by atoms with Gasteiger partial charge >= 0.3 is 0 Å². The molecule has 0 heterocycles. The van der Waals surface area contributed by atoms with Crippen molar-refractivity contribution in [2.75, 3.05) is 0 Å². The molecule has 0 N–H and O–H groups in total. The number of hydrogen-bond acceptors (Lipinski definition) is 6. The van der Waals surface area contributed by atoms with Gasteiger partial charge in [-0.1, -0.05) is 48.5 Å². The smallest absolute Gasteiger partial charge is 0.131 e. The zero-order valence-corrected chi connectivity index (χ0v) is 25.8. The van der Waals surface area contributed by atoms with E-state index in [9.17, 15) is 0 Å². The van der Waals surface area contributed by atoms with Crippen LogP contribution in [0.2, 0.25) is 0 Å². The third-order valence-electron chi connectivity index (χ3n) is 6.98. The molecule has 7 aromatic carbocycles. The van der Waals surface area contributed by atoms with Gasteiger partial charge in [0, 0.05) is 12.1 Å². The second kappa shape index (κ2) is 14.6. The Bertz CT molecular complexity index is 1890. The molecule has 6 heteroatoms. The van der Waals surface area contributed by atoms with Gasteiger partial charge in [-0.15, -0.1) is 0 Å². The third-order valence-corrected chi connectivity index (χ3v) is 6.98. The van der Waals surface area contributed by atoms with Crippen LogP contribution in [0.4, 0.5) is 0 Å². The maximum Gasteiger partial charge on any atom is 0.131 e. The Balaban J connectivity index is 0.901. The number of ether oxygens (including phenoxy) is 6. The molecule has 0 amide bonds. The summed E-state index contributed by atoms with van der Waals surface area (Å²) in [5.74, 6) is 8.39. The SMILES string of the molecule is c1ccc(Oc2cccc(Oc3ccc(Oc4ccc(Oc5ccc(Oc6cccc(Oc7ccccc7)c6)cc5)cc4)cc3)c2)cc1. The molecular formula is C42H30O6. The van der Waals surface area contributed by atoms with Crippen LogP contribution < -0.4 is 28.4 Å². The first-order valence-corrected chi connectivity index (χ1v) is 15.4. The Kier molecular flexibility index (Phi) is 9.15. The largest absolute Gasteiger partial charge is 0.457 e. The number of hydrogen-bond donors (Lipinski definition) is 0. The van der Waals surface area contributed by atoms with E-state index >= 15 is 0 Å². The van der Waals surface area contributed by atoms with E-state index in [1.165, 1.54) is 0 Å². The van der Waals surface area contributed by atoms with Gasteiger partial charge in [0.15, 0.2) is 0 Å². The first-order chi connectivity index (χ1) is 23.7. The summed E-state index contributed by atoms with van der Waals surface area (Å²) in [4.78, 5) is 0. The summed E-state index contributed by atoms with van der Waals surface area (Å²) in [5, 5.41) is 0. The average molecular weight is 631 g/mol. The molecule has 7 aromatic rings. The molecule has 0 atom stereocenters. The van der Waals surface area contributed by atoms with Gasteiger partial charge in [0.1, 0.15) is 69.0 Å². The molecule has 234 valence electrons. The van der Waals surface area contributed by atoms with Gasteiger partial charge in [-0.3, -0.25) is 0 Å². The minimum absolute atomic E-state index is 0.675. The fourth-order valence-corrected chi connectivity index (χ4v) is 4.72. The fraction of sp³-hybridized carbons (Fsp3) is 0. The highest BCUT2D eigenvalue weighted by atomic mass is 16.5.